The molecule has 13 heavy (non-hydrogen) atoms. The van der Waals surface area contributed by atoms with E-state index in [4.69, 9.17) is 0 Å². The van der Waals surface area contributed by atoms with E-state index in [9.17, 15) is 4.21 Å². The maximum atomic E-state index is 12.3. The molecule has 1 heterocycles. The maximum Gasteiger partial charge on any atom is 0.0782 e. The van der Waals surface area contributed by atoms with Crippen LogP contribution in [0.1, 0.15) is 19.4 Å². The van der Waals surface area contributed by atoms with Crippen molar-refractivity contribution >= 4 is 9.73 Å². The van der Waals surface area contributed by atoms with Gasteiger partial charge in [0, 0.05) is 5.25 Å². The van der Waals surface area contributed by atoms with Crippen molar-refractivity contribution < 1.29 is 4.21 Å². The Morgan fingerprint density at radius 1 is 1.38 bits per heavy atom. The minimum atomic E-state index is -2.10. The minimum absolute atomic E-state index is 0.108. The standard InChI is InChI=1S/C10H13NOS/c1-8(2)13(12)10-6-4-3-5-9(10)7-11-13/h3-6,8H,7H2,1-2H3. The van der Waals surface area contributed by atoms with Gasteiger partial charge in [0.15, 0.2) is 0 Å². The first kappa shape index (κ1) is 8.75. The fourth-order valence-corrected chi connectivity index (χ4v) is 3.62. The molecule has 0 radical (unpaired) electrons. The summed E-state index contributed by atoms with van der Waals surface area (Å²) in [6.07, 6.45) is 0. The summed E-state index contributed by atoms with van der Waals surface area (Å²) in [5.74, 6) is 0. The second kappa shape index (κ2) is 2.84. The van der Waals surface area contributed by atoms with Crippen LogP contribution in [-0.4, -0.2) is 9.46 Å². The summed E-state index contributed by atoms with van der Waals surface area (Å²) in [5, 5.41) is 0.108. The van der Waals surface area contributed by atoms with Crippen LogP contribution in [0.15, 0.2) is 33.5 Å². The number of nitrogens with zero attached hydrogens (tertiary/aromatic N) is 1. The molecule has 0 saturated heterocycles. The molecule has 0 N–H and O–H groups in total. The molecule has 0 aliphatic carbocycles. The molecular formula is C10H13NOS. The summed E-state index contributed by atoms with van der Waals surface area (Å²) in [4.78, 5) is 0.949. The van der Waals surface area contributed by atoms with Crippen LogP contribution in [0.3, 0.4) is 0 Å². The molecule has 2 nitrogen and oxygen atoms in total. The van der Waals surface area contributed by atoms with Gasteiger partial charge in [0.05, 0.1) is 21.2 Å². The van der Waals surface area contributed by atoms with Crippen molar-refractivity contribution in [2.24, 2.45) is 4.36 Å². The Morgan fingerprint density at radius 3 is 2.77 bits per heavy atom. The largest absolute Gasteiger partial charge is 0.244 e. The van der Waals surface area contributed by atoms with Crippen molar-refractivity contribution in [3.05, 3.63) is 29.8 Å². The quantitative estimate of drug-likeness (QED) is 0.676. The van der Waals surface area contributed by atoms with Gasteiger partial charge in [-0.2, -0.15) is 0 Å². The molecule has 1 unspecified atom stereocenters. The number of benzene rings is 1. The minimum Gasteiger partial charge on any atom is -0.244 e. The van der Waals surface area contributed by atoms with Gasteiger partial charge in [0.25, 0.3) is 0 Å². The first-order chi connectivity index (χ1) is 6.14. The van der Waals surface area contributed by atoms with Gasteiger partial charge in [-0.1, -0.05) is 18.2 Å². The van der Waals surface area contributed by atoms with E-state index in [0.717, 1.165) is 10.5 Å². The number of hydrogen-bond donors (Lipinski definition) is 0. The predicted octanol–water partition coefficient (Wildman–Crippen LogP) is 2.44. The predicted molar refractivity (Wildman–Crippen MR) is 54.1 cm³/mol. The Kier molecular flexibility index (Phi) is 1.91. The molecule has 0 bridgehead atoms. The number of rotatable bonds is 1. The van der Waals surface area contributed by atoms with Gasteiger partial charge in [0.1, 0.15) is 0 Å². The monoisotopic (exact) mass is 195 g/mol. The van der Waals surface area contributed by atoms with Crippen LogP contribution in [0, 0.1) is 0 Å². The van der Waals surface area contributed by atoms with Gasteiger partial charge in [0.2, 0.25) is 0 Å². The number of fused-ring (bicyclic) bond motifs is 1. The van der Waals surface area contributed by atoms with Crippen LogP contribution >= 0.6 is 0 Å². The van der Waals surface area contributed by atoms with Gasteiger partial charge in [-0.3, -0.25) is 0 Å². The molecule has 0 saturated carbocycles. The van der Waals surface area contributed by atoms with E-state index in [1.807, 2.05) is 38.1 Å². The molecule has 0 fully saturated rings. The van der Waals surface area contributed by atoms with Crippen LogP contribution in [-0.2, 0) is 16.3 Å². The zero-order valence-corrected chi connectivity index (χ0v) is 8.67. The number of hydrogen-bond acceptors (Lipinski definition) is 2. The molecule has 1 aliphatic heterocycles. The van der Waals surface area contributed by atoms with Gasteiger partial charge in [-0.25, -0.2) is 8.57 Å². The highest BCUT2D eigenvalue weighted by Gasteiger charge is 2.24. The molecule has 0 spiro atoms. The highest BCUT2D eigenvalue weighted by Crippen LogP contribution is 2.29. The summed E-state index contributed by atoms with van der Waals surface area (Å²) < 4.78 is 16.6. The third kappa shape index (κ3) is 1.18. The zero-order valence-electron chi connectivity index (χ0n) is 7.86. The van der Waals surface area contributed by atoms with Crippen molar-refractivity contribution in [3.63, 3.8) is 0 Å². The lowest BCUT2D eigenvalue weighted by Gasteiger charge is -2.09. The normalized spacial score (nSPS) is 25.8. The van der Waals surface area contributed by atoms with E-state index in [0.29, 0.717) is 6.54 Å². The fraction of sp³-hybridized carbons (Fsp3) is 0.400. The van der Waals surface area contributed by atoms with Crippen molar-refractivity contribution in [1.29, 1.82) is 0 Å². The van der Waals surface area contributed by atoms with E-state index in [1.54, 1.807) is 0 Å². The summed E-state index contributed by atoms with van der Waals surface area (Å²) in [6.45, 7) is 4.55. The molecule has 1 aromatic rings. The van der Waals surface area contributed by atoms with Crippen LogP contribution < -0.4 is 0 Å². The lowest BCUT2D eigenvalue weighted by Crippen LogP contribution is -2.11. The van der Waals surface area contributed by atoms with Crippen LogP contribution in [0.5, 0.6) is 0 Å². The fourth-order valence-electron chi connectivity index (χ4n) is 1.56. The average molecular weight is 195 g/mol. The van der Waals surface area contributed by atoms with E-state index < -0.39 is 9.73 Å². The zero-order chi connectivity index (χ0) is 9.47. The molecule has 1 aliphatic rings. The topological polar surface area (TPSA) is 29.4 Å². The van der Waals surface area contributed by atoms with Crippen LogP contribution in [0.4, 0.5) is 0 Å². The highest BCUT2D eigenvalue weighted by atomic mass is 32.2. The Morgan fingerprint density at radius 2 is 2.08 bits per heavy atom. The molecule has 0 aromatic heterocycles. The summed E-state index contributed by atoms with van der Waals surface area (Å²) in [6, 6.07) is 7.85. The smallest absolute Gasteiger partial charge is 0.0782 e. The van der Waals surface area contributed by atoms with Crippen LogP contribution in [0.2, 0.25) is 0 Å². The van der Waals surface area contributed by atoms with E-state index in [-0.39, 0.29) is 5.25 Å². The molecular weight excluding hydrogens is 182 g/mol. The van der Waals surface area contributed by atoms with Gasteiger partial charge in [-0.05, 0) is 25.5 Å². The molecule has 1 atom stereocenters. The van der Waals surface area contributed by atoms with Crippen molar-refractivity contribution in [2.75, 3.05) is 0 Å². The van der Waals surface area contributed by atoms with Crippen molar-refractivity contribution in [1.82, 2.24) is 0 Å². The third-order valence-electron chi connectivity index (χ3n) is 2.35. The summed E-state index contributed by atoms with van der Waals surface area (Å²) >= 11 is 0. The molecule has 70 valence electrons. The van der Waals surface area contributed by atoms with Crippen molar-refractivity contribution in [3.8, 4) is 0 Å². The second-order valence-electron chi connectivity index (χ2n) is 3.51. The second-order valence-corrected chi connectivity index (χ2v) is 6.29. The Labute approximate surface area is 79.2 Å². The molecule has 0 amide bonds. The summed E-state index contributed by atoms with van der Waals surface area (Å²) in [5.41, 5.74) is 1.13. The van der Waals surface area contributed by atoms with Gasteiger partial charge in [-0.15, -0.1) is 0 Å². The van der Waals surface area contributed by atoms with E-state index >= 15 is 0 Å². The molecule has 3 heteroatoms. The lowest BCUT2D eigenvalue weighted by molar-refractivity contribution is 0.670. The highest BCUT2D eigenvalue weighted by molar-refractivity contribution is 7.94. The Hall–Kier alpha value is -0.830. The maximum absolute atomic E-state index is 12.3. The molecule has 1 aromatic carbocycles. The first-order valence-electron chi connectivity index (χ1n) is 4.44. The molecule has 2 rings (SSSR count). The lowest BCUT2D eigenvalue weighted by atomic mass is 10.2. The first-order valence-corrected chi connectivity index (χ1v) is 6.02. The Bertz CT molecular complexity index is 442. The third-order valence-corrected chi connectivity index (χ3v) is 5.17. The van der Waals surface area contributed by atoms with Crippen LogP contribution in [0.25, 0.3) is 0 Å². The van der Waals surface area contributed by atoms with Gasteiger partial charge < -0.3 is 0 Å². The SMILES string of the molecule is CC(C)S1(=O)=NCc2ccccc21. The van der Waals surface area contributed by atoms with Gasteiger partial charge >= 0.3 is 0 Å². The average Bonchev–Trinajstić information content (AvgIpc) is 2.47. The Balaban J connectivity index is 2.65. The van der Waals surface area contributed by atoms with Crippen molar-refractivity contribution in [2.45, 2.75) is 30.5 Å². The van der Waals surface area contributed by atoms with E-state index in [1.165, 1.54) is 0 Å². The summed E-state index contributed by atoms with van der Waals surface area (Å²) in [7, 11) is -2.10. The van der Waals surface area contributed by atoms with E-state index in [2.05, 4.69) is 4.36 Å².